The average molecular weight is 391 g/mol. The van der Waals surface area contributed by atoms with Crippen LogP contribution in [0.2, 0.25) is 0 Å². The molecule has 0 aromatic heterocycles. The third-order valence-corrected chi connectivity index (χ3v) is 4.87. The highest BCUT2D eigenvalue weighted by Crippen LogP contribution is 2.31. The molecule has 0 N–H and O–H groups in total. The minimum atomic E-state index is 0.228. The largest absolute Gasteiger partial charge is 0.308 e. The molecular formula is C18H18INO. The summed E-state index contributed by atoms with van der Waals surface area (Å²) in [4.78, 5) is 14.3. The van der Waals surface area contributed by atoms with Crippen molar-refractivity contribution >= 4 is 34.2 Å². The Morgan fingerprint density at radius 1 is 1.10 bits per heavy atom. The van der Waals surface area contributed by atoms with Gasteiger partial charge in [0.25, 0.3) is 0 Å². The van der Waals surface area contributed by atoms with Gasteiger partial charge >= 0.3 is 0 Å². The van der Waals surface area contributed by atoms with Crippen molar-refractivity contribution in [2.45, 2.75) is 33.2 Å². The van der Waals surface area contributed by atoms with Gasteiger partial charge in [0, 0.05) is 15.7 Å². The zero-order chi connectivity index (χ0) is 15.0. The Morgan fingerprint density at radius 2 is 1.81 bits per heavy atom. The highest BCUT2D eigenvalue weighted by atomic mass is 127. The molecule has 3 heteroatoms. The van der Waals surface area contributed by atoms with Gasteiger partial charge in [0.15, 0.2) is 0 Å². The van der Waals surface area contributed by atoms with Gasteiger partial charge in [-0.1, -0.05) is 18.2 Å². The Hall–Kier alpha value is -1.36. The number of anilines is 1. The molecule has 0 saturated heterocycles. The molecule has 0 fully saturated rings. The van der Waals surface area contributed by atoms with Crippen molar-refractivity contribution < 1.29 is 4.79 Å². The predicted octanol–water partition coefficient (Wildman–Crippen LogP) is 4.39. The van der Waals surface area contributed by atoms with Crippen LogP contribution in [0.4, 0.5) is 5.69 Å². The number of benzene rings is 2. The van der Waals surface area contributed by atoms with Gasteiger partial charge in [-0.05, 0) is 83.3 Å². The monoisotopic (exact) mass is 391 g/mol. The summed E-state index contributed by atoms with van der Waals surface area (Å²) in [7, 11) is 0. The molecule has 0 saturated carbocycles. The predicted molar refractivity (Wildman–Crippen MR) is 94.6 cm³/mol. The van der Waals surface area contributed by atoms with E-state index in [4.69, 9.17) is 0 Å². The molecule has 2 aromatic carbocycles. The summed E-state index contributed by atoms with van der Waals surface area (Å²) in [6.45, 7) is 4.90. The second kappa shape index (κ2) is 5.79. The van der Waals surface area contributed by atoms with E-state index in [9.17, 15) is 4.79 Å². The molecule has 0 bridgehead atoms. The number of carbonyl (C=O) groups excluding carboxylic acids is 1. The number of amides is 1. The smallest absolute Gasteiger partial charge is 0.227 e. The zero-order valence-electron chi connectivity index (χ0n) is 12.3. The first-order chi connectivity index (χ1) is 10.1. The molecule has 1 aliphatic rings. The first-order valence-corrected chi connectivity index (χ1v) is 8.28. The molecule has 0 aliphatic carbocycles. The van der Waals surface area contributed by atoms with Crippen molar-refractivity contribution in [3.8, 4) is 0 Å². The molecule has 2 aromatic rings. The van der Waals surface area contributed by atoms with Gasteiger partial charge in [-0.15, -0.1) is 0 Å². The summed E-state index contributed by atoms with van der Waals surface area (Å²) >= 11 is 2.33. The lowest BCUT2D eigenvalue weighted by molar-refractivity contribution is -0.119. The van der Waals surface area contributed by atoms with Crippen molar-refractivity contribution in [1.82, 2.24) is 0 Å². The molecule has 1 aliphatic heterocycles. The van der Waals surface area contributed by atoms with Crippen LogP contribution in [-0.2, 0) is 17.8 Å². The number of aryl methyl sites for hydroxylation is 3. The molecule has 0 radical (unpaired) electrons. The Balaban J connectivity index is 2.01. The maximum absolute atomic E-state index is 12.4. The minimum absolute atomic E-state index is 0.228. The molecular weight excluding hydrogens is 373 g/mol. The van der Waals surface area contributed by atoms with E-state index >= 15 is 0 Å². The number of nitrogens with zero attached hydrogens (tertiary/aromatic N) is 1. The van der Waals surface area contributed by atoms with Crippen LogP contribution < -0.4 is 4.90 Å². The van der Waals surface area contributed by atoms with E-state index in [1.54, 1.807) is 0 Å². The maximum atomic E-state index is 12.4. The van der Waals surface area contributed by atoms with Crippen LogP contribution in [0.1, 0.15) is 28.7 Å². The number of rotatable bonds is 2. The van der Waals surface area contributed by atoms with Crippen LogP contribution in [0.5, 0.6) is 0 Å². The quantitative estimate of drug-likeness (QED) is 0.696. The van der Waals surface area contributed by atoms with E-state index in [1.807, 2.05) is 4.90 Å². The lowest BCUT2D eigenvalue weighted by Crippen LogP contribution is -2.35. The van der Waals surface area contributed by atoms with Gasteiger partial charge in [-0.2, -0.15) is 0 Å². The van der Waals surface area contributed by atoms with Crippen LogP contribution in [0.15, 0.2) is 36.4 Å². The zero-order valence-corrected chi connectivity index (χ0v) is 14.5. The van der Waals surface area contributed by atoms with Gasteiger partial charge in [-0.3, -0.25) is 4.79 Å². The Bertz CT molecular complexity index is 688. The third-order valence-electron chi connectivity index (χ3n) is 4.20. The Labute approximate surface area is 139 Å². The summed E-state index contributed by atoms with van der Waals surface area (Å²) in [5.74, 6) is 0.228. The van der Waals surface area contributed by atoms with Gasteiger partial charge < -0.3 is 4.90 Å². The Morgan fingerprint density at radius 3 is 2.52 bits per heavy atom. The van der Waals surface area contributed by atoms with E-state index in [1.165, 1.54) is 25.8 Å². The van der Waals surface area contributed by atoms with Crippen LogP contribution in [0, 0.1) is 17.4 Å². The highest BCUT2D eigenvalue weighted by Gasteiger charge is 2.25. The number of carbonyl (C=O) groups is 1. The fraction of sp³-hybridized carbons (Fsp3) is 0.278. The second-order valence-electron chi connectivity index (χ2n) is 5.62. The van der Waals surface area contributed by atoms with Gasteiger partial charge in [0.05, 0.1) is 6.54 Å². The van der Waals surface area contributed by atoms with Crippen LogP contribution in [0.3, 0.4) is 0 Å². The first kappa shape index (κ1) is 14.6. The van der Waals surface area contributed by atoms with Gasteiger partial charge in [0.1, 0.15) is 0 Å². The second-order valence-corrected chi connectivity index (χ2v) is 6.87. The summed E-state index contributed by atoms with van der Waals surface area (Å²) in [6.07, 6.45) is 1.46. The normalized spacial score (nSPS) is 14.2. The highest BCUT2D eigenvalue weighted by molar-refractivity contribution is 14.1. The molecule has 2 nitrogen and oxygen atoms in total. The lowest BCUT2D eigenvalue weighted by Gasteiger charge is -2.30. The molecule has 0 atom stereocenters. The number of hydrogen-bond acceptors (Lipinski definition) is 1. The third kappa shape index (κ3) is 2.84. The van der Waals surface area contributed by atoms with Crippen molar-refractivity contribution in [3.05, 3.63) is 62.2 Å². The van der Waals surface area contributed by atoms with E-state index in [2.05, 4.69) is 72.8 Å². The minimum Gasteiger partial charge on any atom is -0.308 e. The molecule has 1 amide bonds. The lowest BCUT2D eigenvalue weighted by atomic mass is 9.98. The molecule has 1 heterocycles. The van der Waals surface area contributed by atoms with E-state index in [0.717, 1.165) is 12.1 Å². The summed E-state index contributed by atoms with van der Waals surface area (Å²) in [6, 6.07) is 12.7. The molecule has 3 rings (SSSR count). The average Bonchev–Trinajstić information content (AvgIpc) is 2.45. The van der Waals surface area contributed by atoms with Crippen LogP contribution in [-0.4, -0.2) is 5.91 Å². The standard InChI is InChI=1S/C18H18INO/c1-12-4-3-5-13(2)16(12)11-20-17-8-7-15(19)10-14(17)6-9-18(20)21/h3-5,7-8,10H,6,9,11H2,1-2H3. The van der Waals surface area contributed by atoms with Gasteiger partial charge in [0.2, 0.25) is 5.91 Å². The van der Waals surface area contributed by atoms with Crippen molar-refractivity contribution in [3.63, 3.8) is 0 Å². The topological polar surface area (TPSA) is 20.3 Å². The van der Waals surface area contributed by atoms with Gasteiger partial charge in [-0.25, -0.2) is 0 Å². The van der Waals surface area contributed by atoms with E-state index < -0.39 is 0 Å². The summed E-state index contributed by atoms with van der Waals surface area (Å²) < 4.78 is 1.23. The molecule has 0 unspecified atom stereocenters. The number of fused-ring (bicyclic) bond motifs is 1. The number of halogens is 1. The molecule has 108 valence electrons. The van der Waals surface area contributed by atoms with Crippen molar-refractivity contribution in [2.24, 2.45) is 0 Å². The maximum Gasteiger partial charge on any atom is 0.227 e. The summed E-state index contributed by atoms with van der Waals surface area (Å²) in [5.41, 5.74) is 6.13. The number of hydrogen-bond donors (Lipinski definition) is 0. The Kier molecular flexibility index (Phi) is 4.02. The SMILES string of the molecule is Cc1cccc(C)c1CN1C(=O)CCc2cc(I)ccc21. The van der Waals surface area contributed by atoms with Crippen LogP contribution in [0.25, 0.3) is 0 Å². The fourth-order valence-corrected chi connectivity index (χ4v) is 3.51. The fourth-order valence-electron chi connectivity index (χ4n) is 2.96. The molecule has 21 heavy (non-hydrogen) atoms. The summed E-state index contributed by atoms with van der Waals surface area (Å²) in [5, 5.41) is 0. The van der Waals surface area contributed by atoms with Crippen LogP contribution >= 0.6 is 22.6 Å². The van der Waals surface area contributed by atoms with E-state index in [0.29, 0.717) is 13.0 Å². The van der Waals surface area contributed by atoms with Crippen molar-refractivity contribution in [1.29, 1.82) is 0 Å². The van der Waals surface area contributed by atoms with Crippen molar-refractivity contribution in [2.75, 3.05) is 4.90 Å². The first-order valence-electron chi connectivity index (χ1n) is 7.20. The molecule has 0 spiro atoms. The van der Waals surface area contributed by atoms with E-state index in [-0.39, 0.29) is 5.91 Å².